The minimum Gasteiger partial charge on any atom is -0.492 e. The highest BCUT2D eigenvalue weighted by atomic mass is 19.1. The summed E-state index contributed by atoms with van der Waals surface area (Å²) in [5.74, 6) is 0.746. The van der Waals surface area contributed by atoms with E-state index in [0.29, 0.717) is 35.0 Å². The first-order valence-corrected chi connectivity index (χ1v) is 13.1. The smallest absolute Gasteiger partial charge is 0.161 e. The zero-order chi connectivity index (χ0) is 26.2. The number of hydrogen-bond donors (Lipinski definition) is 2. The molecule has 1 saturated heterocycles. The van der Waals surface area contributed by atoms with Crippen molar-refractivity contribution in [2.45, 2.75) is 12.8 Å². The highest BCUT2D eigenvalue weighted by Crippen LogP contribution is 2.33. The van der Waals surface area contributed by atoms with Crippen LogP contribution in [-0.4, -0.2) is 61.3 Å². The Morgan fingerprint density at radius 1 is 0.872 bits per heavy atom. The van der Waals surface area contributed by atoms with Gasteiger partial charge in [0.05, 0.1) is 27.9 Å². The quantitative estimate of drug-likeness (QED) is 0.275. The lowest BCUT2D eigenvalue weighted by Crippen LogP contribution is -2.25. The normalized spacial score (nSPS) is 14.0. The number of aromatic nitrogens is 6. The Labute approximate surface area is 223 Å². The van der Waals surface area contributed by atoms with Crippen LogP contribution in [0.5, 0.6) is 5.75 Å². The van der Waals surface area contributed by atoms with Gasteiger partial charge in [0.15, 0.2) is 11.5 Å². The van der Waals surface area contributed by atoms with E-state index < -0.39 is 0 Å². The second-order valence-electron chi connectivity index (χ2n) is 9.74. The number of pyridine rings is 2. The number of hydrogen-bond acceptors (Lipinski definition) is 6. The number of benzene rings is 2. The number of fused-ring (bicyclic) bond motifs is 2. The molecule has 39 heavy (non-hydrogen) atoms. The second-order valence-corrected chi connectivity index (χ2v) is 9.74. The Bertz CT molecular complexity index is 1770. The maximum Gasteiger partial charge on any atom is 0.161 e. The van der Waals surface area contributed by atoms with E-state index in [1.54, 1.807) is 6.20 Å². The SMILES string of the molecule is Fc1cc(OCCN2CCCC2)cc(-c2cccc3[nH]c(-c4n[nH]c5ccc(-c6ccccn6)nc45)nc23)c1. The minimum atomic E-state index is -0.346. The number of ether oxygens (including phenoxy) is 1. The summed E-state index contributed by atoms with van der Waals surface area (Å²) >= 11 is 0. The summed E-state index contributed by atoms with van der Waals surface area (Å²) in [4.78, 5) is 19.9. The number of H-pyrrole nitrogens is 2. The van der Waals surface area contributed by atoms with Gasteiger partial charge in [0.2, 0.25) is 0 Å². The summed E-state index contributed by atoms with van der Waals surface area (Å²) < 4.78 is 20.6. The summed E-state index contributed by atoms with van der Waals surface area (Å²) in [5, 5.41) is 7.56. The largest absolute Gasteiger partial charge is 0.492 e. The first-order chi connectivity index (χ1) is 19.2. The van der Waals surface area contributed by atoms with Crippen molar-refractivity contribution in [3.8, 4) is 39.8 Å². The summed E-state index contributed by atoms with van der Waals surface area (Å²) in [6.45, 7) is 3.58. The van der Waals surface area contributed by atoms with Crippen molar-refractivity contribution < 1.29 is 9.13 Å². The fourth-order valence-electron chi connectivity index (χ4n) is 5.20. The molecule has 4 aromatic heterocycles. The molecule has 2 N–H and O–H groups in total. The van der Waals surface area contributed by atoms with Gasteiger partial charge >= 0.3 is 0 Å². The fraction of sp³-hybridized carbons (Fsp3) is 0.200. The molecular weight excluding hydrogens is 493 g/mol. The van der Waals surface area contributed by atoms with Gasteiger partial charge in [-0.3, -0.25) is 15.0 Å². The van der Waals surface area contributed by atoms with Crippen LogP contribution in [0.1, 0.15) is 12.8 Å². The number of aromatic amines is 2. The molecule has 0 aliphatic carbocycles. The average molecular weight is 520 g/mol. The molecular formula is C30H26FN7O. The number of rotatable bonds is 7. The van der Waals surface area contributed by atoms with E-state index in [0.717, 1.165) is 53.1 Å². The van der Waals surface area contributed by atoms with Gasteiger partial charge in [-0.15, -0.1) is 0 Å². The Morgan fingerprint density at radius 2 is 1.79 bits per heavy atom. The zero-order valence-electron chi connectivity index (χ0n) is 21.2. The zero-order valence-corrected chi connectivity index (χ0v) is 21.2. The molecule has 0 amide bonds. The molecule has 1 aliphatic heterocycles. The molecule has 0 saturated carbocycles. The number of nitrogens with zero attached hydrogens (tertiary/aromatic N) is 5. The van der Waals surface area contributed by atoms with Crippen molar-refractivity contribution in [2.75, 3.05) is 26.2 Å². The van der Waals surface area contributed by atoms with Crippen molar-refractivity contribution in [2.24, 2.45) is 0 Å². The molecule has 0 atom stereocenters. The molecule has 0 unspecified atom stereocenters. The molecule has 194 valence electrons. The molecule has 8 nitrogen and oxygen atoms in total. The van der Waals surface area contributed by atoms with E-state index >= 15 is 0 Å². The third-order valence-corrected chi connectivity index (χ3v) is 7.13. The number of imidazole rings is 1. The van der Waals surface area contributed by atoms with Gasteiger partial charge in [-0.1, -0.05) is 18.2 Å². The molecule has 1 fully saturated rings. The molecule has 7 rings (SSSR count). The van der Waals surface area contributed by atoms with Crippen LogP contribution in [0.15, 0.2) is 72.9 Å². The van der Waals surface area contributed by atoms with Crippen LogP contribution in [0.3, 0.4) is 0 Å². The summed E-state index contributed by atoms with van der Waals surface area (Å²) in [6, 6.07) is 20.2. The minimum absolute atomic E-state index is 0.346. The predicted molar refractivity (Wildman–Crippen MR) is 149 cm³/mol. The fourth-order valence-corrected chi connectivity index (χ4v) is 5.20. The molecule has 2 aromatic carbocycles. The molecule has 9 heteroatoms. The molecule has 5 heterocycles. The van der Waals surface area contributed by atoms with E-state index in [1.165, 1.54) is 25.0 Å². The van der Waals surface area contributed by atoms with Crippen LogP contribution in [0.25, 0.3) is 56.1 Å². The molecule has 1 aliphatic rings. The van der Waals surface area contributed by atoms with E-state index in [-0.39, 0.29) is 5.82 Å². The average Bonchev–Trinajstić information content (AvgIpc) is 3.72. The lowest BCUT2D eigenvalue weighted by molar-refractivity contribution is 0.237. The number of para-hydroxylation sites is 1. The molecule has 0 spiro atoms. The number of halogens is 1. The standard InChI is InChI=1S/C30H26FN7O/c31-20-16-19(17-21(18-20)39-15-14-38-12-3-4-13-38)22-6-5-8-25-27(22)35-30(34-25)29-28-26(36-37-29)10-9-24(33-28)23-7-1-2-11-32-23/h1-2,5-11,16-18H,3-4,12-15H2,(H,34,35)(H,36,37). The number of nitrogens with one attached hydrogen (secondary N) is 2. The van der Waals surface area contributed by atoms with Crippen molar-refractivity contribution >= 4 is 22.1 Å². The molecule has 0 radical (unpaired) electrons. The highest BCUT2D eigenvalue weighted by molar-refractivity contribution is 5.96. The topological polar surface area (TPSA) is 95.6 Å². The van der Waals surface area contributed by atoms with Crippen LogP contribution in [0.2, 0.25) is 0 Å². The summed E-state index contributed by atoms with van der Waals surface area (Å²) in [7, 11) is 0. The van der Waals surface area contributed by atoms with Gasteiger partial charge in [-0.25, -0.2) is 14.4 Å². The third kappa shape index (κ3) is 4.61. The first-order valence-electron chi connectivity index (χ1n) is 13.1. The lowest BCUT2D eigenvalue weighted by Gasteiger charge is -2.15. The van der Waals surface area contributed by atoms with Crippen LogP contribution < -0.4 is 4.74 Å². The van der Waals surface area contributed by atoms with Crippen LogP contribution in [0, 0.1) is 5.82 Å². The van der Waals surface area contributed by atoms with Crippen LogP contribution in [0.4, 0.5) is 4.39 Å². The Balaban J connectivity index is 1.23. The van der Waals surface area contributed by atoms with Gasteiger partial charge in [0.1, 0.15) is 23.7 Å². The monoisotopic (exact) mass is 519 g/mol. The van der Waals surface area contributed by atoms with Gasteiger partial charge in [-0.05, 0) is 74.0 Å². The van der Waals surface area contributed by atoms with Crippen molar-refractivity contribution in [3.63, 3.8) is 0 Å². The Morgan fingerprint density at radius 3 is 2.67 bits per heavy atom. The first kappa shape index (κ1) is 23.5. The van der Waals surface area contributed by atoms with E-state index in [1.807, 2.05) is 54.6 Å². The van der Waals surface area contributed by atoms with Crippen LogP contribution in [-0.2, 0) is 0 Å². The van der Waals surface area contributed by atoms with Crippen molar-refractivity contribution in [1.29, 1.82) is 0 Å². The predicted octanol–water partition coefficient (Wildman–Crippen LogP) is 5.84. The maximum atomic E-state index is 14.7. The number of likely N-dealkylation sites (tertiary alicyclic amines) is 1. The van der Waals surface area contributed by atoms with E-state index in [4.69, 9.17) is 14.7 Å². The van der Waals surface area contributed by atoms with E-state index in [2.05, 4.69) is 25.1 Å². The summed E-state index contributed by atoms with van der Waals surface area (Å²) in [5.41, 5.74) is 6.68. The van der Waals surface area contributed by atoms with Gasteiger partial charge < -0.3 is 9.72 Å². The van der Waals surface area contributed by atoms with Gasteiger partial charge in [-0.2, -0.15) is 5.10 Å². The Kier molecular flexibility index (Phi) is 5.97. The lowest BCUT2D eigenvalue weighted by atomic mass is 10.0. The third-order valence-electron chi connectivity index (χ3n) is 7.13. The molecule has 6 aromatic rings. The summed E-state index contributed by atoms with van der Waals surface area (Å²) in [6.07, 6.45) is 4.21. The van der Waals surface area contributed by atoms with Crippen molar-refractivity contribution in [3.05, 3.63) is 78.7 Å². The second kappa shape index (κ2) is 9.92. The maximum absolute atomic E-state index is 14.7. The van der Waals surface area contributed by atoms with Crippen molar-refractivity contribution in [1.82, 2.24) is 35.0 Å². The van der Waals surface area contributed by atoms with E-state index in [9.17, 15) is 4.39 Å². The van der Waals surface area contributed by atoms with Crippen LogP contribution >= 0.6 is 0 Å². The highest BCUT2D eigenvalue weighted by Gasteiger charge is 2.18. The van der Waals surface area contributed by atoms with Gasteiger partial charge in [0, 0.05) is 24.4 Å². The van der Waals surface area contributed by atoms with Gasteiger partial charge in [0.25, 0.3) is 0 Å². The Hall–Kier alpha value is -4.63. The molecule has 0 bridgehead atoms.